The highest BCUT2D eigenvalue weighted by molar-refractivity contribution is 6.04. The Hall–Kier alpha value is -2.44. The average Bonchev–Trinajstić information content (AvgIpc) is 2.81. The first-order chi connectivity index (χ1) is 7.74. The zero-order chi connectivity index (χ0) is 11.1. The van der Waals surface area contributed by atoms with Crippen molar-refractivity contribution in [1.82, 2.24) is 20.6 Å². The SMILES string of the molecule is O=C1NC(=O)C(c2cc3cncnc3o2)N1. The average molecular weight is 218 g/mol. The molecule has 1 saturated heterocycles. The molecular weight excluding hydrogens is 212 g/mol. The maximum atomic E-state index is 11.4. The molecule has 1 atom stereocenters. The molecule has 0 radical (unpaired) electrons. The van der Waals surface area contributed by atoms with E-state index in [0.717, 1.165) is 0 Å². The van der Waals surface area contributed by atoms with Gasteiger partial charge in [0.05, 0.1) is 5.39 Å². The first-order valence-electron chi connectivity index (χ1n) is 4.55. The molecule has 0 aromatic carbocycles. The minimum atomic E-state index is -0.790. The van der Waals surface area contributed by atoms with Crippen LogP contribution in [0, 0.1) is 0 Å². The molecule has 0 saturated carbocycles. The van der Waals surface area contributed by atoms with Crippen LogP contribution < -0.4 is 10.6 Å². The highest BCUT2D eigenvalue weighted by atomic mass is 16.3. The van der Waals surface area contributed by atoms with Crippen LogP contribution in [0.15, 0.2) is 23.0 Å². The fourth-order valence-corrected chi connectivity index (χ4v) is 1.57. The second kappa shape index (κ2) is 3.02. The predicted octanol–water partition coefficient (Wildman–Crippen LogP) is 0.103. The number of aromatic nitrogens is 2. The summed E-state index contributed by atoms with van der Waals surface area (Å²) >= 11 is 0. The lowest BCUT2D eigenvalue weighted by Crippen LogP contribution is -2.22. The Kier molecular flexibility index (Phi) is 1.67. The van der Waals surface area contributed by atoms with Gasteiger partial charge in [-0.1, -0.05) is 0 Å². The molecule has 2 aromatic rings. The number of hydrogen-bond donors (Lipinski definition) is 2. The molecular formula is C9H6N4O3. The number of amides is 3. The summed E-state index contributed by atoms with van der Waals surface area (Å²) in [6.45, 7) is 0. The van der Waals surface area contributed by atoms with Crippen molar-refractivity contribution in [1.29, 1.82) is 0 Å². The van der Waals surface area contributed by atoms with Gasteiger partial charge in [-0.15, -0.1) is 0 Å². The number of rotatable bonds is 1. The van der Waals surface area contributed by atoms with Crippen molar-refractivity contribution >= 4 is 23.0 Å². The van der Waals surface area contributed by atoms with Crippen LogP contribution in [-0.4, -0.2) is 21.9 Å². The molecule has 0 bridgehead atoms. The van der Waals surface area contributed by atoms with E-state index in [2.05, 4.69) is 20.6 Å². The van der Waals surface area contributed by atoms with Gasteiger partial charge in [0.25, 0.3) is 5.91 Å². The van der Waals surface area contributed by atoms with Crippen molar-refractivity contribution in [2.45, 2.75) is 6.04 Å². The highest BCUT2D eigenvalue weighted by Crippen LogP contribution is 2.23. The third-order valence-electron chi connectivity index (χ3n) is 2.27. The molecule has 1 aliphatic heterocycles. The van der Waals surface area contributed by atoms with Gasteiger partial charge in [0.15, 0.2) is 6.04 Å². The fraction of sp³-hybridized carbons (Fsp3) is 0.111. The summed E-state index contributed by atoms with van der Waals surface area (Å²) in [7, 11) is 0. The van der Waals surface area contributed by atoms with E-state index in [1.165, 1.54) is 6.33 Å². The van der Waals surface area contributed by atoms with Gasteiger partial charge < -0.3 is 9.73 Å². The highest BCUT2D eigenvalue weighted by Gasteiger charge is 2.33. The summed E-state index contributed by atoms with van der Waals surface area (Å²) in [6.07, 6.45) is 2.92. The lowest BCUT2D eigenvalue weighted by Gasteiger charge is -2.00. The quantitative estimate of drug-likeness (QED) is 0.662. The van der Waals surface area contributed by atoms with Gasteiger partial charge >= 0.3 is 6.03 Å². The van der Waals surface area contributed by atoms with E-state index in [0.29, 0.717) is 16.9 Å². The first-order valence-corrected chi connectivity index (χ1v) is 4.55. The molecule has 2 N–H and O–H groups in total. The molecule has 3 heterocycles. The van der Waals surface area contributed by atoms with E-state index in [-0.39, 0.29) is 0 Å². The summed E-state index contributed by atoms with van der Waals surface area (Å²) in [4.78, 5) is 30.0. The third-order valence-corrected chi connectivity index (χ3v) is 2.27. The van der Waals surface area contributed by atoms with Crippen molar-refractivity contribution in [2.24, 2.45) is 0 Å². The Balaban J connectivity index is 2.06. The molecule has 7 heteroatoms. The maximum Gasteiger partial charge on any atom is 0.322 e. The standard InChI is InChI=1S/C9H6N4O3/c14-7-6(12-9(15)13-7)5-1-4-2-10-3-11-8(4)16-5/h1-3,6H,(H2,12,13,14,15). The predicted molar refractivity (Wildman–Crippen MR) is 51.2 cm³/mol. The Morgan fingerprint density at radius 1 is 1.38 bits per heavy atom. The Bertz CT molecular complexity index is 558. The molecule has 80 valence electrons. The van der Waals surface area contributed by atoms with E-state index in [9.17, 15) is 9.59 Å². The van der Waals surface area contributed by atoms with Crippen molar-refractivity contribution in [3.63, 3.8) is 0 Å². The van der Waals surface area contributed by atoms with Gasteiger partial charge in [-0.25, -0.2) is 14.8 Å². The van der Waals surface area contributed by atoms with E-state index in [1.807, 2.05) is 0 Å². The first kappa shape index (κ1) is 8.84. The van der Waals surface area contributed by atoms with Crippen LogP contribution in [0.25, 0.3) is 11.1 Å². The second-order valence-corrected chi connectivity index (χ2v) is 3.33. The molecule has 2 aromatic heterocycles. The molecule has 1 unspecified atom stereocenters. The molecule has 16 heavy (non-hydrogen) atoms. The van der Waals surface area contributed by atoms with Gasteiger partial charge in [-0.05, 0) is 6.07 Å². The van der Waals surface area contributed by atoms with Gasteiger partial charge in [0, 0.05) is 6.20 Å². The summed E-state index contributed by atoms with van der Waals surface area (Å²) in [5, 5.41) is 5.25. The third kappa shape index (κ3) is 1.22. The maximum absolute atomic E-state index is 11.4. The Morgan fingerprint density at radius 2 is 2.25 bits per heavy atom. The fourth-order valence-electron chi connectivity index (χ4n) is 1.57. The molecule has 1 aliphatic rings. The summed E-state index contributed by atoms with van der Waals surface area (Å²) < 4.78 is 5.34. The van der Waals surface area contributed by atoms with Crippen LogP contribution in [0.5, 0.6) is 0 Å². The number of imide groups is 1. The monoisotopic (exact) mass is 218 g/mol. The van der Waals surface area contributed by atoms with Crippen LogP contribution in [0.2, 0.25) is 0 Å². The van der Waals surface area contributed by atoms with Crippen molar-refractivity contribution in [2.75, 3.05) is 0 Å². The van der Waals surface area contributed by atoms with E-state index >= 15 is 0 Å². The lowest BCUT2D eigenvalue weighted by atomic mass is 10.2. The van der Waals surface area contributed by atoms with Gasteiger partial charge in [0.1, 0.15) is 12.1 Å². The van der Waals surface area contributed by atoms with Crippen LogP contribution in [0.3, 0.4) is 0 Å². The summed E-state index contributed by atoms with van der Waals surface area (Å²) in [5.74, 6) is -0.0872. The molecule has 0 spiro atoms. The van der Waals surface area contributed by atoms with Crippen LogP contribution in [-0.2, 0) is 4.79 Å². The number of urea groups is 1. The molecule has 1 fully saturated rings. The number of hydrogen-bond acceptors (Lipinski definition) is 5. The topological polar surface area (TPSA) is 97.1 Å². The number of carbonyl (C=O) groups excluding carboxylic acids is 2. The second-order valence-electron chi connectivity index (χ2n) is 3.33. The zero-order valence-corrected chi connectivity index (χ0v) is 7.93. The van der Waals surface area contributed by atoms with Crippen LogP contribution >= 0.6 is 0 Å². The number of nitrogens with one attached hydrogen (secondary N) is 2. The van der Waals surface area contributed by atoms with Crippen molar-refractivity contribution in [3.8, 4) is 0 Å². The van der Waals surface area contributed by atoms with Gasteiger partial charge in [0.2, 0.25) is 5.71 Å². The van der Waals surface area contributed by atoms with Crippen molar-refractivity contribution in [3.05, 3.63) is 24.4 Å². The Labute approximate surface area is 88.9 Å². The smallest absolute Gasteiger partial charge is 0.322 e. The minimum Gasteiger partial charge on any atom is -0.440 e. The van der Waals surface area contributed by atoms with E-state index in [4.69, 9.17) is 4.42 Å². The molecule has 7 nitrogen and oxygen atoms in total. The largest absolute Gasteiger partial charge is 0.440 e. The van der Waals surface area contributed by atoms with Crippen LogP contribution in [0.4, 0.5) is 4.79 Å². The van der Waals surface area contributed by atoms with Crippen LogP contribution in [0.1, 0.15) is 11.8 Å². The molecule has 3 rings (SSSR count). The van der Waals surface area contributed by atoms with E-state index < -0.39 is 18.0 Å². The normalized spacial score (nSPS) is 19.9. The number of nitrogens with zero attached hydrogens (tertiary/aromatic N) is 2. The summed E-state index contributed by atoms with van der Waals surface area (Å²) in [5.41, 5.74) is 0.388. The summed E-state index contributed by atoms with van der Waals surface area (Å²) in [6, 6.07) is 0.314. The number of furan rings is 1. The van der Waals surface area contributed by atoms with Crippen molar-refractivity contribution < 1.29 is 14.0 Å². The van der Waals surface area contributed by atoms with Gasteiger partial charge in [-0.3, -0.25) is 10.1 Å². The number of fused-ring (bicyclic) bond motifs is 1. The number of carbonyl (C=O) groups is 2. The Morgan fingerprint density at radius 3 is 2.94 bits per heavy atom. The molecule has 3 amide bonds. The van der Waals surface area contributed by atoms with E-state index in [1.54, 1.807) is 12.3 Å². The van der Waals surface area contributed by atoms with Gasteiger partial charge in [-0.2, -0.15) is 0 Å². The lowest BCUT2D eigenvalue weighted by molar-refractivity contribution is -0.120. The minimum absolute atomic E-state index is 0.346. The zero-order valence-electron chi connectivity index (χ0n) is 7.93. The molecule has 0 aliphatic carbocycles.